The lowest BCUT2D eigenvalue weighted by Gasteiger charge is -2.18. The molecule has 28 heavy (non-hydrogen) atoms. The Hall–Kier alpha value is -1.86. The fourth-order valence-electron chi connectivity index (χ4n) is 2.75. The highest BCUT2D eigenvalue weighted by Crippen LogP contribution is 2.34. The van der Waals surface area contributed by atoms with Crippen LogP contribution in [0.1, 0.15) is 27.7 Å². The molecule has 0 saturated heterocycles. The summed E-state index contributed by atoms with van der Waals surface area (Å²) in [5, 5.41) is 28.5. The van der Waals surface area contributed by atoms with Crippen molar-refractivity contribution in [1.29, 1.82) is 0 Å². The van der Waals surface area contributed by atoms with Gasteiger partial charge in [0.1, 0.15) is 36.9 Å². The third-order valence-corrected chi connectivity index (χ3v) is 4.21. The van der Waals surface area contributed by atoms with Crippen molar-refractivity contribution in [3.05, 3.63) is 36.4 Å². The number of hydrogen-bond donors (Lipinski definition) is 4. The molecule has 2 unspecified atom stereocenters. The monoisotopic (exact) mass is 390 g/mol. The molecular weight excluding hydrogens is 356 g/mol. The molecule has 0 bridgehead atoms. The Kier molecular flexibility index (Phi) is 8.99. The van der Waals surface area contributed by atoms with E-state index in [2.05, 4.69) is 10.6 Å². The molecule has 156 valence electrons. The minimum atomic E-state index is -0.602. The predicted octanol–water partition coefficient (Wildman–Crippen LogP) is 2.32. The second-order valence-corrected chi connectivity index (χ2v) is 7.67. The molecule has 6 nitrogen and oxygen atoms in total. The van der Waals surface area contributed by atoms with E-state index in [0.717, 1.165) is 10.8 Å². The smallest absolute Gasteiger partial charge is 0.130 e. The molecule has 6 heteroatoms. The number of aliphatic hydroxyl groups excluding tert-OH is 2. The Morgan fingerprint density at radius 3 is 1.57 bits per heavy atom. The molecule has 2 rings (SSSR count). The van der Waals surface area contributed by atoms with Crippen LogP contribution in [0.5, 0.6) is 11.5 Å². The van der Waals surface area contributed by atoms with Crippen molar-refractivity contribution in [2.24, 2.45) is 0 Å². The molecule has 0 spiro atoms. The third kappa shape index (κ3) is 7.28. The van der Waals surface area contributed by atoms with Crippen LogP contribution in [0.2, 0.25) is 0 Å². The lowest BCUT2D eigenvalue weighted by molar-refractivity contribution is 0.103. The van der Waals surface area contributed by atoms with Crippen LogP contribution in [0.15, 0.2) is 36.4 Å². The number of aliphatic hydroxyl groups is 2. The Balaban J connectivity index is 2.06. The van der Waals surface area contributed by atoms with Gasteiger partial charge in [-0.1, -0.05) is 52.0 Å². The minimum Gasteiger partial charge on any atom is -0.490 e. The summed E-state index contributed by atoms with van der Waals surface area (Å²) in [7, 11) is 0. The molecule has 0 heterocycles. The van der Waals surface area contributed by atoms with E-state index in [9.17, 15) is 10.2 Å². The summed E-state index contributed by atoms with van der Waals surface area (Å²) in [6.07, 6.45) is -1.20. The first kappa shape index (κ1) is 22.4. The summed E-state index contributed by atoms with van der Waals surface area (Å²) in [4.78, 5) is 0. The van der Waals surface area contributed by atoms with Gasteiger partial charge in [0.15, 0.2) is 0 Å². The third-order valence-electron chi connectivity index (χ3n) is 4.21. The molecule has 0 aromatic heterocycles. The van der Waals surface area contributed by atoms with Gasteiger partial charge in [0, 0.05) is 25.2 Å². The number of benzene rings is 2. The number of hydrogen-bond acceptors (Lipinski definition) is 6. The molecule has 0 saturated carbocycles. The zero-order chi connectivity index (χ0) is 20.5. The molecule has 0 aliphatic carbocycles. The zero-order valence-electron chi connectivity index (χ0n) is 17.3. The fraction of sp³-hybridized carbons (Fsp3) is 0.545. The van der Waals surface area contributed by atoms with Gasteiger partial charge < -0.3 is 30.3 Å². The van der Waals surface area contributed by atoms with E-state index >= 15 is 0 Å². The maximum atomic E-state index is 10.1. The Morgan fingerprint density at radius 1 is 0.750 bits per heavy atom. The number of rotatable bonds is 12. The molecule has 4 N–H and O–H groups in total. The summed E-state index contributed by atoms with van der Waals surface area (Å²) in [5.74, 6) is 1.32. The maximum Gasteiger partial charge on any atom is 0.130 e. The average molecular weight is 391 g/mol. The molecule has 0 amide bonds. The van der Waals surface area contributed by atoms with Crippen molar-refractivity contribution >= 4 is 10.8 Å². The standard InChI is InChI=1S/C22H34N2O4/c1-15(2)23-11-18(25)13-27-20-9-5-7-17-8-6-10-21(22(17)20)28-14-19(26)12-24-16(3)4/h5-10,15-16,18-19,23-26H,11-14H2,1-4H3. The van der Waals surface area contributed by atoms with Gasteiger partial charge in [-0.15, -0.1) is 0 Å². The van der Waals surface area contributed by atoms with Gasteiger partial charge >= 0.3 is 0 Å². The van der Waals surface area contributed by atoms with E-state index in [1.165, 1.54) is 0 Å². The van der Waals surface area contributed by atoms with Crippen LogP contribution in [0.4, 0.5) is 0 Å². The highest BCUT2D eigenvalue weighted by atomic mass is 16.5. The molecule has 0 aliphatic heterocycles. The number of nitrogens with one attached hydrogen (secondary N) is 2. The van der Waals surface area contributed by atoms with Crippen molar-refractivity contribution in [3.63, 3.8) is 0 Å². The lowest BCUT2D eigenvalue weighted by Crippen LogP contribution is -2.35. The summed E-state index contributed by atoms with van der Waals surface area (Å²) in [5.41, 5.74) is 0. The van der Waals surface area contributed by atoms with Crippen molar-refractivity contribution in [2.45, 2.75) is 52.0 Å². The van der Waals surface area contributed by atoms with Gasteiger partial charge in [0.25, 0.3) is 0 Å². The van der Waals surface area contributed by atoms with Crippen LogP contribution in [0, 0.1) is 0 Å². The molecular formula is C22H34N2O4. The maximum absolute atomic E-state index is 10.1. The first-order valence-corrected chi connectivity index (χ1v) is 9.97. The zero-order valence-corrected chi connectivity index (χ0v) is 17.3. The van der Waals surface area contributed by atoms with Crippen LogP contribution >= 0.6 is 0 Å². The van der Waals surface area contributed by atoms with Crippen molar-refractivity contribution in [3.8, 4) is 11.5 Å². The summed E-state index contributed by atoms with van der Waals surface area (Å²) in [6.45, 7) is 9.46. The van der Waals surface area contributed by atoms with Crippen molar-refractivity contribution in [1.82, 2.24) is 10.6 Å². The van der Waals surface area contributed by atoms with Crippen molar-refractivity contribution < 1.29 is 19.7 Å². The van der Waals surface area contributed by atoms with Crippen molar-refractivity contribution in [2.75, 3.05) is 26.3 Å². The minimum absolute atomic E-state index is 0.189. The van der Waals surface area contributed by atoms with Crippen LogP contribution in [0.25, 0.3) is 10.8 Å². The van der Waals surface area contributed by atoms with Gasteiger partial charge in [0.2, 0.25) is 0 Å². The second-order valence-electron chi connectivity index (χ2n) is 7.67. The highest BCUT2D eigenvalue weighted by molar-refractivity contribution is 5.93. The molecule has 2 aromatic carbocycles. The normalized spacial score (nSPS) is 13.9. The molecule has 2 atom stereocenters. The van der Waals surface area contributed by atoms with Crippen LogP contribution in [0.3, 0.4) is 0 Å². The van der Waals surface area contributed by atoms with Gasteiger partial charge in [-0.05, 0) is 17.5 Å². The van der Waals surface area contributed by atoms with Gasteiger partial charge in [-0.3, -0.25) is 0 Å². The van der Waals surface area contributed by atoms with E-state index in [-0.39, 0.29) is 13.2 Å². The van der Waals surface area contributed by atoms with Gasteiger partial charge in [-0.25, -0.2) is 0 Å². The molecule has 0 radical (unpaired) electrons. The highest BCUT2D eigenvalue weighted by Gasteiger charge is 2.13. The number of ether oxygens (including phenoxy) is 2. The quantitative estimate of drug-likeness (QED) is 0.445. The first-order chi connectivity index (χ1) is 13.4. The summed E-state index contributed by atoms with van der Waals surface area (Å²) < 4.78 is 11.8. The van der Waals surface area contributed by atoms with E-state index < -0.39 is 12.2 Å². The van der Waals surface area contributed by atoms with Gasteiger partial charge in [-0.2, -0.15) is 0 Å². The Labute approximate surface area is 167 Å². The average Bonchev–Trinajstić information content (AvgIpc) is 2.67. The van der Waals surface area contributed by atoms with E-state index in [4.69, 9.17) is 9.47 Å². The summed E-state index contributed by atoms with van der Waals surface area (Å²) >= 11 is 0. The van der Waals surface area contributed by atoms with Gasteiger partial charge in [0.05, 0.1) is 5.39 Å². The van der Waals surface area contributed by atoms with E-state index in [1.54, 1.807) is 0 Å². The molecule has 2 aromatic rings. The first-order valence-electron chi connectivity index (χ1n) is 9.97. The second kappa shape index (κ2) is 11.2. The van der Waals surface area contributed by atoms with E-state index in [1.807, 2.05) is 64.1 Å². The molecule has 0 fully saturated rings. The van der Waals surface area contributed by atoms with Crippen LogP contribution in [-0.2, 0) is 0 Å². The van der Waals surface area contributed by atoms with Crippen LogP contribution < -0.4 is 20.1 Å². The Morgan fingerprint density at radius 2 is 1.18 bits per heavy atom. The van der Waals surface area contributed by atoms with E-state index in [0.29, 0.717) is 36.7 Å². The summed E-state index contributed by atoms with van der Waals surface area (Å²) in [6, 6.07) is 12.2. The largest absolute Gasteiger partial charge is 0.490 e. The lowest BCUT2D eigenvalue weighted by atomic mass is 10.1. The fourth-order valence-corrected chi connectivity index (χ4v) is 2.75. The topological polar surface area (TPSA) is 83.0 Å². The number of fused-ring (bicyclic) bond motifs is 1. The van der Waals surface area contributed by atoms with Crippen LogP contribution in [-0.4, -0.2) is 60.8 Å². The predicted molar refractivity (Wildman–Crippen MR) is 113 cm³/mol. The Bertz CT molecular complexity index is 664. The molecule has 0 aliphatic rings. The SMILES string of the molecule is CC(C)NCC(O)COc1cccc2cccc(OCC(O)CNC(C)C)c12.